The summed E-state index contributed by atoms with van der Waals surface area (Å²) in [7, 11) is 0. The molecular formula is C26H44O8. The molecule has 0 aromatic rings. The van der Waals surface area contributed by atoms with E-state index >= 15 is 0 Å². The first-order chi connectivity index (χ1) is 16.3. The molecular weight excluding hydrogens is 440 g/mol. The van der Waals surface area contributed by atoms with Crippen molar-refractivity contribution in [1.29, 1.82) is 0 Å². The summed E-state index contributed by atoms with van der Waals surface area (Å²) in [5.74, 6) is -3.45. The van der Waals surface area contributed by atoms with Gasteiger partial charge in [0.25, 0.3) is 0 Å². The highest BCUT2D eigenvalue weighted by Crippen LogP contribution is 2.08. The summed E-state index contributed by atoms with van der Waals surface area (Å²) in [5.41, 5.74) is 0. The first-order valence-electron chi connectivity index (χ1n) is 12.5. The highest BCUT2D eigenvalue weighted by Gasteiger charge is 2.01. The number of carbonyl (C=O) groups excluding carboxylic acids is 2. The Hall–Kier alpha value is -2.64. The molecule has 0 aliphatic rings. The maximum atomic E-state index is 11.5. The van der Waals surface area contributed by atoms with Crippen LogP contribution in [0.4, 0.5) is 0 Å². The van der Waals surface area contributed by atoms with Crippen LogP contribution in [0.15, 0.2) is 24.3 Å². The van der Waals surface area contributed by atoms with Crippen molar-refractivity contribution in [2.24, 2.45) is 0 Å². The van der Waals surface area contributed by atoms with E-state index in [1.807, 2.05) is 0 Å². The molecule has 0 bridgehead atoms. The third kappa shape index (κ3) is 31.5. The second-order valence-corrected chi connectivity index (χ2v) is 7.92. The van der Waals surface area contributed by atoms with E-state index in [2.05, 4.69) is 13.8 Å². The van der Waals surface area contributed by atoms with Gasteiger partial charge in [0.15, 0.2) is 0 Å². The van der Waals surface area contributed by atoms with Crippen molar-refractivity contribution in [3.05, 3.63) is 24.3 Å². The first kappa shape index (κ1) is 33.5. The highest BCUT2D eigenvalue weighted by molar-refractivity contribution is 5.91. The van der Waals surface area contributed by atoms with Crippen LogP contribution in [0.1, 0.15) is 104 Å². The first-order valence-corrected chi connectivity index (χ1v) is 12.5. The molecule has 0 amide bonds. The summed E-state index contributed by atoms with van der Waals surface area (Å²) in [6.07, 6.45) is 20.0. The van der Waals surface area contributed by atoms with Crippen molar-refractivity contribution < 1.29 is 38.9 Å². The molecule has 34 heavy (non-hydrogen) atoms. The molecule has 0 aliphatic heterocycles. The van der Waals surface area contributed by atoms with Crippen LogP contribution >= 0.6 is 0 Å². The standard InChI is InChI=1S/C22H40O4.C4H4O4/c1-3-5-7-9-11-13-15-19-25-21(23)17-18-22(24)26-20-16-14-12-10-8-6-4-2;5-3(6)1-2-4(7)8/h17-18H,3-16,19-20H2,1-2H3;1-2H,(H,5,6)(H,7,8)/b18-17-;2-1+. The van der Waals surface area contributed by atoms with E-state index in [1.165, 1.54) is 64.2 Å². The zero-order chi connectivity index (χ0) is 25.9. The fourth-order valence-electron chi connectivity index (χ4n) is 2.84. The fourth-order valence-corrected chi connectivity index (χ4v) is 2.84. The van der Waals surface area contributed by atoms with Crippen molar-refractivity contribution in [3.63, 3.8) is 0 Å². The summed E-state index contributed by atoms with van der Waals surface area (Å²) in [6.45, 7) is 5.25. The van der Waals surface area contributed by atoms with Crippen molar-refractivity contribution >= 4 is 23.9 Å². The fraction of sp³-hybridized carbons (Fsp3) is 0.692. The number of unbranched alkanes of at least 4 members (excludes halogenated alkanes) is 12. The normalized spacial score (nSPS) is 10.6. The molecule has 2 N–H and O–H groups in total. The molecule has 8 heteroatoms. The van der Waals surface area contributed by atoms with E-state index in [-0.39, 0.29) is 0 Å². The van der Waals surface area contributed by atoms with Crippen molar-refractivity contribution in [2.45, 2.75) is 104 Å². The second kappa shape index (κ2) is 26.6. The van der Waals surface area contributed by atoms with Gasteiger partial charge in [0.2, 0.25) is 0 Å². The summed E-state index contributed by atoms with van der Waals surface area (Å²) in [4.78, 5) is 42.1. The van der Waals surface area contributed by atoms with Gasteiger partial charge in [0.1, 0.15) is 0 Å². The lowest BCUT2D eigenvalue weighted by Crippen LogP contribution is -2.06. The Morgan fingerprint density at radius 1 is 0.500 bits per heavy atom. The Morgan fingerprint density at radius 2 is 0.794 bits per heavy atom. The minimum absolute atomic E-state index is 0.421. The summed E-state index contributed by atoms with van der Waals surface area (Å²) >= 11 is 0. The predicted octanol–water partition coefficient (Wildman–Crippen LogP) is 5.84. The summed E-state index contributed by atoms with van der Waals surface area (Å²) in [5, 5.41) is 15.6. The molecule has 0 aliphatic carbocycles. The van der Waals surface area contributed by atoms with E-state index in [9.17, 15) is 19.2 Å². The molecule has 0 atom stereocenters. The molecule has 0 rings (SSSR count). The summed E-state index contributed by atoms with van der Waals surface area (Å²) < 4.78 is 10.2. The predicted molar refractivity (Wildman–Crippen MR) is 131 cm³/mol. The van der Waals surface area contributed by atoms with Gasteiger partial charge in [0.05, 0.1) is 13.2 Å². The zero-order valence-electron chi connectivity index (χ0n) is 21.0. The van der Waals surface area contributed by atoms with Gasteiger partial charge in [-0.3, -0.25) is 0 Å². The Kier molecular flexibility index (Phi) is 26.2. The summed E-state index contributed by atoms with van der Waals surface area (Å²) in [6, 6.07) is 0. The van der Waals surface area contributed by atoms with Crippen LogP contribution in [0.2, 0.25) is 0 Å². The van der Waals surface area contributed by atoms with E-state index in [0.29, 0.717) is 25.4 Å². The number of carbonyl (C=O) groups is 4. The van der Waals surface area contributed by atoms with Gasteiger partial charge in [-0.05, 0) is 12.8 Å². The van der Waals surface area contributed by atoms with Gasteiger partial charge in [-0.2, -0.15) is 0 Å². The average Bonchev–Trinajstić information content (AvgIpc) is 2.80. The molecule has 0 saturated heterocycles. The topological polar surface area (TPSA) is 127 Å². The maximum Gasteiger partial charge on any atom is 0.331 e. The Balaban J connectivity index is 0. The maximum absolute atomic E-state index is 11.5. The van der Waals surface area contributed by atoms with Crippen LogP contribution in [0.5, 0.6) is 0 Å². The minimum atomic E-state index is -1.26. The quantitative estimate of drug-likeness (QED) is 0.125. The highest BCUT2D eigenvalue weighted by atomic mass is 16.5. The van der Waals surface area contributed by atoms with Gasteiger partial charge in [-0.15, -0.1) is 0 Å². The molecule has 196 valence electrons. The molecule has 0 spiro atoms. The number of hydrogen-bond donors (Lipinski definition) is 2. The molecule has 0 fully saturated rings. The second-order valence-electron chi connectivity index (χ2n) is 7.92. The van der Waals surface area contributed by atoms with Crippen molar-refractivity contribution in [3.8, 4) is 0 Å². The van der Waals surface area contributed by atoms with Crippen LogP contribution in [0.3, 0.4) is 0 Å². The Labute approximate surface area is 204 Å². The lowest BCUT2D eigenvalue weighted by molar-refractivity contribution is -0.140. The monoisotopic (exact) mass is 484 g/mol. The van der Waals surface area contributed by atoms with Crippen LogP contribution < -0.4 is 0 Å². The molecule has 0 aromatic carbocycles. The number of aliphatic carboxylic acids is 2. The largest absolute Gasteiger partial charge is 0.478 e. The number of carboxylic acid groups (broad SMARTS) is 2. The molecule has 0 saturated carbocycles. The molecule has 0 aromatic heterocycles. The number of esters is 2. The van der Waals surface area contributed by atoms with Gasteiger partial charge in [-0.1, -0.05) is 90.9 Å². The van der Waals surface area contributed by atoms with Crippen LogP contribution in [-0.4, -0.2) is 47.3 Å². The molecule has 0 heterocycles. The van der Waals surface area contributed by atoms with Crippen molar-refractivity contribution in [2.75, 3.05) is 13.2 Å². The minimum Gasteiger partial charge on any atom is -0.478 e. The van der Waals surface area contributed by atoms with E-state index < -0.39 is 23.9 Å². The Morgan fingerprint density at radius 3 is 1.09 bits per heavy atom. The number of ether oxygens (including phenoxy) is 2. The van der Waals surface area contributed by atoms with E-state index in [1.54, 1.807) is 0 Å². The molecule has 0 radical (unpaired) electrons. The SMILES string of the molecule is CCCCCCCCCOC(=O)/C=C\C(=O)OCCCCCCCCC.O=C(O)/C=C/C(=O)O. The van der Waals surface area contributed by atoms with Gasteiger partial charge in [0, 0.05) is 24.3 Å². The zero-order valence-corrected chi connectivity index (χ0v) is 21.0. The third-order valence-electron chi connectivity index (χ3n) is 4.71. The number of hydrogen-bond acceptors (Lipinski definition) is 6. The Bertz CT molecular complexity index is 546. The number of rotatable bonds is 20. The lowest BCUT2D eigenvalue weighted by atomic mass is 10.1. The lowest BCUT2D eigenvalue weighted by Gasteiger charge is -2.03. The van der Waals surface area contributed by atoms with E-state index in [4.69, 9.17) is 19.7 Å². The average molecular weight is 485 g/mol. The smallest absolute Gasteiger partial charge is 0.331 e. The van der Waals surface area contributed by atoms with Crippen LogP contribution in [0.25, 0.3) is 0 Å². The van der Waals surface area contributed by atoms with Gasteiger partial charge < -0.3 is 19.7 Å². The van der Waals surface area contributed by atoms with Crippen LogP contribution in [0, 0.1) is 0 Å². The molecule has 8 nitrogen and oxygen atoms in total. The molecule has 0 unspecified atom stereocenters. The number of carboxylic acids is 2. The van der Waals surface area contributed by atoms with Crippen molar-refractivity contribution in [1.82, 2.24) is 0 Å². The van der Waals surface area contributed by atoms with Crippen LogP contribution in [-0.2, 0) is 28.7 Å². The third-order valence-corrected chi connectivity index (χ3v) is 4.71. The van der Waals surface area contributed by atoms with Gasteiger partial charge >= 0.3 is 23.9 Å². The van der Waals surface area contributed by atoms with E-state index in [0.717, 1.165) is 37.8 Å². The van der Waals surface area contributed by atoms with Gasteiger partial charge in [-0.25, -0.2) is 19.2 Å².